The molecule has 1 aliphatic rings. The molecule has 1 unspecified atom stereocenters. The fourth-order valence-corrected chi connectivity index (χ4v) is 2.95. The SMILES string of the molecule is CCCCCCC=C(C)C(=O)OC(=O)CC1CCC(C)(C)C(=O)C1. The minimum absolute atomic E-state index is 0.00385. The van der Waals surface area contributed by atoms with Crippen molar-refractivity contribution in [3.63, 3.8) is 0 Å². The number of carbonyl (C=O) groups excluding carboxylic acids is 3. The van der Waals surface area contributed by atoms with Gasteiger partial charge in [0.05, 0.1) is 0 Å². The number of carbonyl (C=O) groups is 3. The first-order valence-electron chi connectivity index (χ1n) is 9.21. The van der Waals surface area contributed by atoms with Crippen molar-refractivity contribution in [3.05, 3.63) is 11.6 Å². The van der Waals surface area contributed by atoms with E-state index in [1.54, 1.807) is 6.92 Å². The molecule has 0 spiro atoms. The van der Waals surface area contributed by atoms with E-state index in [9.17, 15) is 14.4 Å². The summed E-state index contributed by atoms with van der Waals surface area (Å²) in [6.07, 6.45) is 9.43. The highest BCUT2D eigenvalue weighted by molar-refractivity contribution is 5.96. The molecule has 1 rings (SSSR count). The lowest BCUT2D eigenvalue weighted by Gasteiger charge is -2.32. The molecule has 1 aliphatic carbocycles. The molecule has 0 N–H and O–H groups in total. The average Bonchev–Trinajstić information content (AvgIpc) is 2.50. The average molecular weight is 336 g/mol. The van der Waals surface area contributed by atoms with E-state index in [0.29, 0.717) is 12.0 Å². The van der Waals surface area contributed by atoms with Gasteiger partial charge in [-0.2, -0.15) is 0 Å². The molecule has 1 saturated carbocycles. The van der Waals surface area contributed by atoms with Gasteiger partial charge in [0.15, 0.2) is 0 Å². The summed E-state index contributed by atoms with van der Waals surface area (Å²) >= 11 is 0. The Morgan fingerprint density at radius 3 is 2.58 bits per heavy atom. The molecule has 0 aromatic rings. The van der Waals surface area contributed by atoms with Gasteiger partial charge in [0.2, 0.25) is 0 Å². The Morgan fingerprint density at radius 2 is 1.96 bits per heavy atom. The number of hydrogen-bond donors (Lipinski definition) is 0. The van der Waals surface area contributed by atoms with Crippen LogP contribution in [0.1, 0.15) is 85.5 Å². The molecule has 0 radical (unpaired) electrons. The highest BCUT2D eigenvalue weighted by Gasteiger charge is 2.35. The first-order chi connectivity index (χ1) is 11.3. The van der Waals surface area contributed by atoms with Crippen molar-refractivity contribution in [2.75, 3.05) is 0 Å². The Hall–Kier alpha value is -1.45. The second-order valence-corrected chi connectivity index (χ2v) is 7.62. The Morgan fingerprint density at radius 1 is 1.25 bits per heavy atom. The zero-order valence-corrected chi connectivity index (χ0v) is 15.7. The van der Waals surface area contributed by atoms with Gasteiger partial charge in [-0.3, -0.25) is 9.59 Å². The van der Waals surface area contributed by atoms with Crippen LogP contribution in [0, 0.1) is 11.3 Å². The van der Waals surface area contributed by atoms with E-state index in [2.05, 4.69) is 6.92 Å². The third-order valence-electron chi connectivity index (χ3n) is 4.90. The number of allylic oxidation sites excluding steroid dienone is 1. The second-order valence-electron chi connectivity index (χ2n) is 7.62. The molecule has 4 nitrogen and oxygen atoms in total. The normalized spacial score (nSPS) is 20.8. The van der Waals surface area contributed by atoms with E-state index >= 15 is 0 Å². The van der Waals surface area contributed by atoms with E-state index < -0.39 is 11.9 Å². The fourth-order valence-electron chi connectivity index (χ4n) is 2.95. The molecule has 0 aliphatic heterocycles. The molecule has 136 valence electrons. The summed E-state index contributed by atoms with van der Waals surface area (Å²) in [4.78, 5) is 35.8. The summed E-state index contributed by atoms with van der Waals surface area (Å²) in [7, 11) is 0. The molecule has 0 amide bonds. The number of ketones is 1. The van der Waals surface area contributed by atoms with E-state index in [-0.39, 0.29) is 23.5 Å². The predicted molar refractivity (Wildman–Crippen MR) is 94.4 cm³/mol. The van der Waals surface area contributed by atoms with Crippen molar-refractivity contribution in [2.45, 2.75) is 85.5 Å². The maximum Gasteiger partial charge on any atom is 0.341 e. The summed E-state index contributed by atoms with van der Waals surface area (Å²) in [5.41, 5.74) is 0.202. The van der Waals surface area contributed by atoms with Crippen LogP contribution in [-0.2, 0) is 19.1 Å². The van der Waals surface area contributed by atoms with Crippen molar-refractivity contribution < 1.29 is 19.1 Å². The zero-order chi connectivity index (χ0) is 18.2. The summed E-state index contributed by atoms with van der Waals surface area (Å²) in [6.45, 7) is 7.73. The third kappa shape index (κ3) is 6.98. The van der Waals surface area contributed by atoms with E-state index in [1.807, 2.05) is 19.9 Å². The van der Waals surface area contributed by atoms with Gasteiger partial charge < -0.3 is 4.74 Å². The molecule has 0 heterocycles. The van der Waals surface area contributed by atoms with Gasteiger partial charge in [-0.25, -0.2) is 4.79 Å². The van der Waals surface area contributed by atoms with Crippen molar-refractivity contribution >= 4 is 17.7 Å². The smallest absolute Gasteiger partial charge is 0.341 e. The molecule has 0 aromatic carbocycles. The number of hydrogen-bond acceptors (Lipinski definition) is 4. The molecule has 1 fully saturated rings. The van der Waals surface area contributed by atoms with Crippen molar-refractivity contribution in [3.8, 4) is 0 Å². The van der Waals surface area contributed by atoms with Crippen LogP contribution in [0.15, 0.2) is 11.6 Å². The molecule has 4 heteroatoms. The quantitative estimate of drug-likeness (QED) is 0.277. The van der Waals surface area contributed by atoms with Crippen LogP contribution in [0.2, 0.25) is 0 Å². The van der Waals surface area contributed by atoms with Gasteiger partial charge in [0, 0.05) is 23.8 Å². The molecule has 0 saturated heterocycles. The lowest BCUT2D eigenvalue weighted by Crippen LogP contribution is -2.33. The predicted octanol–water partition coefficient (Wildman–Crippen LogP) is 4.76. The standard InChI is InChI=1S/C20H32O4/c1-5-6-7-8-9-10-15(2)19(23)24-18(22)14-16-11-12-20(3,4)17(21)13-16/h10,16H,5-9,11-14H2,1-4H3. The molecule has 24 heavy (non-hydrogen) atoms. The maximum absolute atomic E-state index is 12.0. The van der Waals surface area contributed by atoms with Gasteiger partial charge >= 0.3 is 11.9 Å². The third-order valence-corrected chi connectivity index (χ3v) is 4.90. The summed E-state index contributed by atoms with van der Waals surface area (Å²) in [6, 6.07) is 0. The van der Waals surface area contributed by atoms with Crippen LogP contribution < -0.4 is 0 Å². The Bertz CT molecular complexity index is 488. The van der Waals surface area contributed by atoms with E-state index in [4.69, 9.17) is 4.74 Å². The summed E-state index contributed by atoms with van der Waals surface area (Å²) < 4.78 is 4.92. The molecular weight excluding hydrogens is 304 g/mol. The minimum Gasteiger partial charge on any atom is -0.390 e. The number of ether oxygens (including phenoxy) is 1. The molecule has 1 atom stereocenters. The number of esters is 2. The molecular formula is C20H32O4. The summed E-state index contributed by atoms with van der Waals surface area (Å²) in [5.74, 6) is -0.876. The van der Waals surface area contributed by atoms with Gasteiger partial charge in [-0.05, 0) is 38.5 Å². The number of Topliss-reactive ketones (excluding diaryl/α,β-unsaturated/α-hetero) is 1. The van der Waals surface area contributed by atoms with E-state index in [1.165, 1.54) is 12.8 Å². The van der Waals surface area contributed by atoms with Crippen LogP contribution in [0.4, 0.5) is 0 Å². The van der Waals surface area contributed by atoms with Crippen LogP contribution in [0.5, 0.6) is 0 Å². The molecule has 0 bridgehead atoms. The van der Waals surface area contributed by atoms with E-state index in [0.717, 1.165) is 32.1 Å². The van der Waals surface area contributed by atoms with Gasteiger partial charge in [0.25, 0.3) is 0 Å². The lowest BCUT2D eigenvalue weighted by molar-refractivity contribution is -0.157. The highest BCUT2D eigenvalue weighted by Crippen LogP contribution is 2.36. The largest absolute Gasteiger partial charge is 0.390 e. The lowest BCUT2D eigenvalue weighted by atomic mass is 9.71. The monoisotopic (exact) mass is 336 g/mol. The van der Waals surface area contributed by atoms with Gasteiger partial charge in [0.1, 0.15) is 5.78 Å². The molecule has 0 aromatic heterocycles. The second kappa shape index (κ2) is 9.75. The number of rotatable bonds is 8. The van der Waals surface area contributed by atoms with Crippen molar-refractivity contribution in [1.29, 1.82) is 0 Å². The highest BCUT2D eigenvalue weighted by atomic mass is 16.6. The topological polar surface area (TPSA) is 60.4 Å². The Kier molecular flexibility index (Phi) is 8.37. The van der Waals surface area contributed by atoms with Gasteiger partial charge in [-0.15, -0.1) is 0 Å². The zero-order valence-electron chi connectivity index (χ0n) is 15.7. The van der Waals surface area contributed by atoms with Crippen LogP contribution in [0.25, 0.3) is 0 Å². The maximum atomic E-state index is 12.0. The first kappa shape index (κ1) is 20.6. The fraction of sp³-hybridized carbons (Fsp3) is 0.750. The Labute approximate surface area is 146 Å². The number of unbranched alkanes of at least 4 members (excludes halogenated alkanes) is 4. The minimum atomic E-state index is -0.557. The van der Waals surface area contributed by atoms with Gasteiger partial charge in [-0.1, -0.05) is 46.1 Å². The summed E-state index contributed by atoms with van der Waals surface area (Å²) in [5, 5.41) is 0. The van der Waals surface area contributed by atoms with Crippen LogP contribution in [-0.4, -0.2) is 17.7 Å². The first-order valence-corrected chi connectivity index (χ1v) is 9.21. The van der Waals surface area contributed by atoms with Crippen LogP contribution >= 0.6 is 0 Å². The van der Waals surface area contributed by atoms with Crippen LogP contribution in [0.3, 0.4) is 0 Å². The van der Waals surface area contributed by atoms with Crippen molar-refractivity contribution in [1.82, 2.24) is 0 Å². The van der Waals surface area contributed by atoms with Crippen molar-refractivity contribution in [2.24, 2.45) is 11.3 Å². The Balaban J connectivity index is 2.35.